The number of hydrogen-bond acceptors (Lipinski definition) is 4. The van der Waals surface area contributed by atoms with Crippen molar-refractivity contribution >= 4 is 43.8 Å². The van der Waals surface area contributed by atoms with E-state index in [0.717, 1.165) is 23.4 Å². The second-order valence-corrected chi connectivity index (χ2v) is 6.37. The van der Waals surface area contributed by atoms with Crippen LogP contribution in [0.5, 0.6) is 0 Å². The monoisotopic (exact) mass is 330 g/mol. The summed E-state index contributed by atoms with van der Waals surface area (Å²) in [5.74, 6) is 0. The molecule has 0 atom stereocenters. The van der Waals surface area contributed by atoms with Gasteiger partial charge in [-0.2, -0.15) is 4.98 Å². The highest BCUT2D eigenvalue weighted by molar-refractivity contribution is 7.21. The molecule has 3 rings (SSSR count). The second-order valence-electron chi connectivity index (χ2n) is 4.93. The summed E-state index contributed by atoms with van der Waals surface area (Å²) in [5.41, 5.74) is 0.809. The molecular formula is C17H15ClN2OS. The van der Waals surface area contributed by atoms with E-state index in [1.807, 2.05) is 36.4 Å². The van der Waals surface area contributed by atoms with E-state index >= 15 is 0 Å². The van der Waals surface area contributed by atoms with E-state index in [9.17, 15) is 4.79 Å². The van der Waals surface area contributed by atoms with Gasteiger partial charge in [0.2, 0.25) is 0 Å². The van der Waals surface area contributed by atoms with Crippen molar-refractivity contribution in [1.82, 2.24) is 4.98 Å². The maximum Gasteiger partial charge on any atom is 0.281 e. The predicted octanol–water partition coefficient (Wildman–Crippen LogP) is 4.86. The molecule has 0 spiro atoms. The van der Waals surface area contributed by atoms with Crippen molar-refractivity contribution in [3.63, 3.8) is 0 Å². The highest BCUT2D eigenvalue weighted by Gasteiger charge is 2.13. The summed E-state index contributed by atoms with van der Waals surface area (Å²) in [6.07, 6.45) is 0.968. The third-order valence-electron chi connectivity index (χ3n) is 3.32. The third kappa shape index (κ3) is 2.98. The van der Waals surface area contributed by atoms with Gasteiger partial charge in [-0.15, -0.1) is 0 Å². The normalized spacial score (nSPS) is 10.8. The van der Waals surface area contributed by atoms with Crippen LogP contribution in [0.2, 0.25) is 5.02 Å². The van der Waals surface area contributed by atoms with Crippen LogP contribution in [-0.2, 0) is 0 Å². The average Bonchev–Trinajstić information content (AvgIpc) is 2.54. The van der Waals surface area contributed by atoms with E-state index in [4.69, 9.17) is 11.6 Å². The van der Waals surface area contributed by atoms with Gasteiger partial charge in [-0.05, 0) is 36.8 Å². The number of halogens is 1. The largest absolute Gasteiger partial charge is 0.318 e. The van der Waals surface area contributed by atoms with Gasteiger partial charge in [-0.3, -0.25) is 4.79 Å². The molecule has 0 bridgehead atoms. The van der Waals surface area contributed by atoms with Crippen LogP contribution >= 0.6 is 22.9 Å². The third-order valence-corrected chi connectivity index (χ3v) is 4.62. The first-order chi connectivity index (χ1) is 10.7. The molecule has 0 fully saturated rings. The van der Waals surface area contributed by atoms with Crippen molar-refractivity contribution in [2.45, 2.75) is 13.3 Å². The van der Waals surface area contributed by atoms with Crippen LogP contribution in [0.1, 0.15) is 13.3 Å². The molecule has 0 aliphatic rings. The summed E-state index contributed by atoms with van der Waals surface area (Å²) in [7, 11) is 0. The fraction of sp³-hybridized carbons (Fsp3) is 0.176. The van der Waals surface area contributed by atoms with Crippen LogP contribution < -0.4 is 10.5 Å². The Labute approximate surface area is 137 Å². The van der Waals surface area contributed by atoms with Crippen molar-refractivity contribution < 1.29 is 0 Å². The van der Waals surface area contributed by atoms with E-state index in [1.165, 1.54) is 11.3 Å². The molecule has 22 heavy (non-hydrogen) atoms. The molecule has 1 aromatic heterocycles. The summed E-state index contributed by atoms with van der Waals surface area (Å²) in [4.78, 5) is 18.7. The zero-order chi connectivity index (χ0) is 15.5. The van der Waals surface area contributed by atoms with Crippen LogP contribution in [0.3, 0.4) is 0 Å². The molecule has 2 aromatic carbocycles. The molecule has 0 saturated heterocycles. The Kier molecular flexibility index (Phi) is 4.41. The average molecular weight is 331 g/mol. The van der Waals surface area contributed by atoms with E-state index in [1.54, 1.807) is 12.1 Å². The van der Waals surface area contributed by atoms with Gasteiger partial charge in [0, 0.05) is 22.0 Å². The zero-order valence-corrected chi connectivity index (χ0v) is 13.7. The molecule has 0 N–H and O–H groups in total. The topological polar surface area (TPSA) is 33.2 Å². The molecule has 0 radical (unpaired) electrons. The first-order valence-corrected chi connectivity index (χ1v) is 8.31. The lowest BCUT2D eigenvalue weighted by Crippen LogP contribution is -2.21. The van der Waals surface area contributed by atoms with Crippen LogP contribution in [-0.4, -0.2) is 11.5 Å². The second kappa shape index (κ2) is 6.46. The fourth-order valence-electron chi connectivity index (χ4n) is 2.31. The van der Waals surface area contributed by atoms with Gasteiger partial charge in [0.25, 0.3) is 5.56 Å². The molecule has 0 unspecified atom stereocenters. The first-order valence-electron chi connectivity index (χ1n) is 7.12. The van der Waals surface area contributed by atoms with E-state index in [2.05, 4.69) is 16.8 Å². The summed E-state index contributed by atoms with van der Waals surface area (Å²) in [6.45, 7) is 2.92. The Bertz CT molecular complexity index is 848. The SMILES string of the molecule is CCCN(c1ccccc1)c1nc(=O)c2cc(Cl)ccc2s1. The maximum absolute atomic E-state index is 12.3. The van der Waals surface area contributed by atoms with Gasteiger partial charge in [0.1, 0.15) is 0 Å². The Morgan fingerprint density at radius 2 is 1.95 bits per heavy atom. The summed E-state index contributed by atoms with van der Waals surface area (Å²) in [6, 6.07) is 15.4. The lowest BCUT2D eigenvalue weighted by molar-refractivity contribution is 0.878. The Morgan fingerprint density at radius 1 is 1.18 bits per heavy atom. The zero-order valence-electron chi connectivity index (χ0n) is 12.1. The summed E-state index contributed by atoms with van der Waals surface area (Å²) >= 11 is 7.47. The standard InChI is InChI=1S/C17H15ClN2OS/c1-2-10-20(13-6-4-3-5-7-13)17-19-16(21)14-11-12(18)8-9-15(14)22-17/h3-9,11H,2,10H2,1H3. The lowest BCUT2D eigenvalue weighted by atomic mass is 10.3. The maximum atomic E-state index is 12.3. The van der Waals surface area contributed by atoms with Crippen molar-refractivity contribution in [2.24, 2.45) is 0 Å². The molecule has 112 valence electrons. The molecule has 5 heteroatoms. The van der Waals surface area contributed by atoms with Gasteiger partial charge in [-0.1, -0.05) is 48.1 Å². The molecule has 0 aliphatic carbocycles. The lowest BCUT2D eigenvalue weighted by Gasteiger charge is -2.22. The van der Waals surface area contributed by atoms with Gasteiger partial charge >= 0.3 is 0 Å². The van der Waals surface area contributed by atoms with Crippen molar-refractivity contribution in [1.29, 1.82) is 0 Å². The van der Waals surface area contributed by atoms with Crippen LogP contribution in [0.4, 0.5) is 10.8 Å². The molecule has 3 aromatic rings. The molecule has 3 nitrogen and oxygen atoms in total. The minimum absolute atomic E-state index is 0.233. The number of benzene rings is 2. The summed E-state index contributed by atoms with van der Waals surface area (Å²) < 4.78 is 0.899. The Balaban J connectivity index is 2.14. The van der Waals surface area contributed by atoms with Crippen molar-refractivity contribution in [2.75, 3.05) is 11.4 Å². The molecule has 0 saturated carbocycles. The fourth-order valence-corrected chi connectivity index (χ4v) is 3.51. The van der Waals surface area contributed by atoms with E-state index in [0.29, 0.717) is 15.5 Å². The Morgan fingerprint density at radius 3 is 2.68 bits per heavy atom. The minimum atomic E-state index is -0.233. The molecular weight excluding hydrogens is 316 g/mol. The van der Waals surface area contributed by atoms with Crippen LogP contribution in [0, 0.1) is 0 Å². The van der Waals surface area contributed by atoms with Gasteiger partial charge in [0.15, 0.2) is 5.13 Å². The molecule has 0 aliphatic heterocycles. The van der Waals surface area contributed by atoms with E-state index in [-0.39, 0.29) is 5.56 Å². The number of aromatic nitrogens is 1. The number of nitrogens with zero attached hydrogens (tertiary/aromatic N) is 2. The van der Waals surface area contributed by atoms with Gasteiger partial charge in [0.05, 0.1) is 5.39 Å². The summed E-state index contributed by atoms with van der Waals surface area (Å²) in [5, 5.41) is 1.85. The number of para-hydroxylation sites is 1. The Hall–Kier alpha value is -1.91. The predicted molar refractivity (Wildman–Crippen MR) is 94.6 cm³/mol. The molecule has 0 amide bonds. The van der Waals surface area contributed by atoms with Gasteiger partial charge in [-0.25, -0.2) is 0 Å². The number of fused-ring (bicyclic) bond motifs is 1. The number of hydrogen-bond donors (Lipinski definition) is 0. The first kappa shape index (κ1) is 15.0. The van der Waals surface area contributed by atoms with Crippen LogP contribution in [0.15, 0.2) is 53.3 Å². The molecule has 1 heterocycles. The van der Waals surface area contributed by atoms with Gasteiger partial charge < -0.3 is 4.90 Å². The number of anilines is 2. The van der Waals surface area contributed by atoms with E-state index < -0.39 is 0 Å². The highest BCUT2D eigenvalue weighted by atomic mass is 35.5. The minimum Gasteiger partial charge on any atom is -0.318 e. The smallest absolute Gasteiger partial charge is 0.281 e. The van der Waals surface area contributed by atoms with Crippen molar-refractivity contribution in [3.8, 4) is 0 Å². The number of rotatable bonds is 4. The highest BCUT2D eigenvalue weighted by Crippen LogP contribution is 2.30. The van der Waals surface area contributed by atoms with Crippen molar-refractivity contribution in [3.05, 3.63) is 63.9 Å². The van der Waals surface area contributed by atoms with Crippen LogP contribution in [0.25, 0.3) is 10.1 Å². The quantitative estimate of drug-likeness (QED) is 0.685.